The van der Waals surface area contributed by atoms with Crippen molar-refractivity contribution in [2.75, 3.05) is 0 Å². The molecule has 0 amide bonds. The molecular formula is C15H15NS. The summed E-state index contributed by atoms with van der Waals surface area (Å²) < 4.78 is 0. The van der Waals surface area contributed by atoms with Crippen molar-refractivity contribution in [3.63, 3.8) is 0 Å². The lowest BCUT2D eigenvalue weighted by Gasteiger charge is -2.08. The molecule has 2 aromatic carbocycles. The zero-order valence-electron chi connectivity index (χ0n) is 9.81. The van der Waals surface area contributed by atoms with Crippen LogP contribution in [0.1, 0.15) is 16.7 Å². The van der Waals surface area contributed by atoms with E-state index in [1.807, 2.05) is 30.3 Å². The van der Waals surface area contributed by atoms with Crippen molar-refractivity contribution >= 4 is 17.2 Å². The van der Waals surface area contributed by atoms with Crippen LogP contribution in [-0.4, -0.2) is 4.99 Å². The van der Waals surface area contributed by atoms with Gasteiger partial charge in [-0.25, -0.2) is 0 Å². The Bertz CT molecular complexity index is 505. The molecule has 0 unspecified atom stereocenters. The fourth-order valence-corrected chi connectivity index (χ4v) is 1.87. The number of hydrogen-bond acceptors (Lipinski definition) is 1. The first-order valence-corrected chi connectivity index (χ1v) is 6.05. The zero-order chi connectivity index (χ0) is 12.1. The van der Waals surface area contributed by atoms with Gasteiger partial charge in [0, 0.05) is 12.1 Å². The van der Waals surface area contributed by atoms with Crippen molar-refractivity contribution in [1.29, 1.82) is 0 Å². The van der Waals surface area contributed by atoms with Crippen LogP contribution in [0.15, 0.2) is 54.6 Å². The van der Waals surface area contributed by atoms with Crippen molar-refractivity contribution in [3.8, 4) is 0 Å². The Morgan fingerprint density at radius 3 is 2.53 bits per heavy atom. The van der Waals surface area contributed by atoms with Gasteiger partial charge in [-0.05, 0) is 18.6 Å². The lowest BCUT2D eigenvalue weighted by molar-refractivity contribution is 0.928. The maximum atomic E-state index is 5.37. The van der Waals surface area contributed by atoms with Crippen LogP contribution in [0.5, 0.6) is 0 Å². The van der Waals surface area contributed by atoms with Crippen LogP contribution in [0.3, 0.4) is 0 Å². The molecule has 0 saturated heterocycles. The number of hydrogen-bond donors (Lipinski definition) is 1. The molecule has 86 valence electrons. The van der Waals surface area contributed by atoms with E-state index in [0.29, 0.717) is 0 Å². The summed E-state index contributed by atoms with van der Waals surface area (Å²) in [5.74, 6) is 0. The maximum Gasteiger partial charge on any atom is 0.106 e. The second-order valence-corrected chi connectivity index (χ2v) is 4.45. The van der Waals surface area contributed by atoms with E-state index in [2.05, 4.69) is 36.5 Å². The SMILES string of the molecule is Cc1cccc(C(=S)NCc2ccccc2)c1. The third-order valence-corrected chi connectivity index (χ3v) is 2.96. The summed E-state index contributed by atoms with van der Waals surface area (Å²) in [6.45, 7) is 2.84. The van der Waals surface area contributed by atoms with Crippen LogP contribution in [0.25, 0.3) is 0 Å². The van der Waals surface area contributed by atoms with Crippen molar-refractivity contribution in [2.24, 2.45) is 0 Å². The summed E-state index contributed by atoms with van der Waals surface area (Å²) in [4.78, 5) is 0.803. The average Bonchev–Trinajstić information content (AvgIpc) is 2.37. The highest BCUT2D eigenvalue weighted by molar-refractivity contribution is 7.80. The van der Waals surface area contributed by atoms with Gasteiger partial charge in [0.15, 0.2) is 0 Å². The lowest BCUT2D eigenvalue weighted by atomic mass is 10.1. The van der Waals surface area contributed by atoms with Crippen LogP contribution >= 0.6 is 12.2 Å². The normalized spacial score (nSPS) is 9.94. The van der Waals surface area contributed by atoms with E-state index in [0.717, 1.165) is 17.1 Å². The van der Waals surface area contributed by atoms with Crippen molar-refractivity contribution < 1.29 is 0 Å². The van der Waals surface area contributed by atoms with Crippen molar-refractivity contribution in [3.05, 3.63) is 71.3 Å². The highest BCUT2D eigenvalue weighted by Gasteiger charge is 2.00. The lowest BCUT2D eigenvalue weighted by Crippen LogP contribution is -2.21. The van der Waals surface area contributed by atoms with E-state index < -0.39 is 0 Å². The number of nitrogens with one attached hydrogen (secondary N) is 1. The summed E-state index contributed by atoms with van der Waals surface area (Å²) in [5.41, 5.74) is 3.55. The summed E-state index contributed by atoms with van der Waals surface area (Å²) in [6, 6.07) is 18.5. The number of thiocarbonyl (C=S) groups is 1. The summed E-state index contributed by atoms with van der Waals surface area (Å²) in [7, 11) is 0. The maximum absolute atomic E-state index is 5.37. The first-order chi connectivity index (χ1) is 8.25. The monoisotopic (exact) mass is 241 g/mol. The molecule has 0 saturated carbocycles. The second-order valence-electron chi connectivity index (χ2n) is 4.04. The molecule has 0 fully saturated rings. The van der Waals surface area contributed by atoms with Crippen LogP contribution in [0.2, 0.25) is 0 Å². The molecule has 1 nitrogen and oxygen atoms in total. The van der Waals surface area contributed by atoms with Crippen molar-refractivity contribution in [2.45, 2.75) is 13.5 Å². The minimum Gasteiger partial charge on any atom is -0.372 e. The van der Waals surface area contributed by atoms with Gasteiger partial charge in [0.2, 0.25) is 0 Å². The first-order valence-electron chi connectivity index (χ1n) is 5.64. The predicted octanol–water partition coefficient (Wildman–Crippen LogP) is 3.46. The highest BCUT2D eigenvalue weighted by atomic mass is 32.1. The number of rotatable bonds is 3. The minimum atomic E-state index is 0.771. The van der Waals surface area contributed by atoms with E-state index in [-0.39, 0.29) is 0 Å². The van der Waals surface area contributed by atoms with Gasteiger partial charge in [0.1, 0.15) is 4.99 Å². The fourth-order valence-electron chi connectivity index (χ4n) is 1.67. The van der Waals surface area contributed by atoms with E-state index in [1.165, 1.54) is 11.1 Å². The summed E-state index contributed by atoms with van der Waals surface area (Å²) in [6.07, 6.45) is 0. The molecule has 2 rings (SSSR count). The van der Waals surface area contributed by atoms with Crippen LogP contribution < -0.4 is 5.32 Å². The van der Waals surface area contributed by atoms with Gasteiger partial charge >= 0.3 is 0 Å². The standard InChI is InChI=1S/C15H15NS/c1-12-6-5-9-14(10-12)15(17)16-11-13-7-3-2-4-8-13/h2-10H,11H2,1H3,(H,16,17). The highest BCUT2D eigenvalue weighted by Crippen LogP contribution is 2.05. The first kappa shape index (κ1) is 11.8. The minimum absolute atomic E-state index is 0.771. The fraction of sp³-hybridized carbons (Fsp3) is 0.133. The Balaban J connectivity index is 1.98. The van der Waals surface area contributed by atoms with E-state index >= 15 is 0 Å². The van der Waals surface area contributed by atoms with E-state index in [1.54, 1.807) is 0 Å². The number of aryl methyl sites for hydroxylation is 1. The van der Waals surface area contributed by atoms with Gasteiger partial charge in [0.05, 0.1) is 0 Å². The molecule has 2 aromatic rings. The van der Waals surface area contributed by atoms with Crippen LogP contribution in [0, 0.1) is 6.92 Å². The molecular weight excluding hydrogens is 226 g/mol. The average molecular weight is 241 g/mol. The van der Waals surface area contributed by atoms with Crippen LogP contribution in [0.4, 0.5) is 0 Å². The quantitative estimate of drug-likeness (QED) is 0.826. The topological polar surface area (TPSA) is 12.0 Å². The van der Waals surface area contributed by atoms with Crippen molar-refractivity contribution in [1.82, 2.24) is 5.32 Å². The zero-order valence-corrected chi connectivity index (χ0v) is 10.6. The summed E-state index contributed by atoms with van der Waals surface area (Å²) in [5, 5.41) is 3.27. The molecule has 17 heavy (non-hydrogen) atoms. The number of benzene rings is 2. The molecule has 0 bridgehead atoms. The van der Waals surface area contributed by atoms with E-state index in [9.17, 15) is 0 Å². The predicted molar refractivity (Wildman–Crippen MR) is 76.2 cm³/mol. The Labute approximate surface area is 107 Å². The van der Waals surface area contributed by atoms with E-state index in [4.69, 9.17) is 12.2 Å². The molecule has 0 heterocycles. The second kappa shape index (κ2) is 5.60. The molecule has 0 aliphatic rings. The molecule has 1 N–H and O–H groups in total. The molecule has 0 atom stereocenters. The Kier molecular flexibility index (Phi) is 3.89. The van der Waals surface area contributed by atoms with Crippen LogP contribution in [-0.2, 0) is 6.54 Å². The van der Waals surface area contributed by atoms with Gasteiger partial charge < -0.3 is 5.32 Å². The third kappa shape index (κ3) is 3.40. The van der Waals surface area contributed by atoms with Gasteiger partial charge in [-0.15, -0.1) is 0 Å². The molecule has 0 aromatic heterocycles. The third-order valence-electron chi connectivity index (χ3n) is 2.58. The van der Waals surface area contributed by atoms with Gasteiger partial charge in [-0.1, -0.05) is 66.3 Å². The smallest absolute Gasteiger partial charge is 0.106 e. The molecule has 0 spiro atoms. The van der Waals surface area contributed by atoms with Gasteiger partial charge in [-0.2, -0.15) is 0 Å². The summed E-state index contributed by atoms with van der Waals surface area (Å²) >= 11 is 5.37. The van der Waals surface area contributed by atoms with Gasteiger partial charge in [0.25, 0.3) is 0 Å². The Hall–Kier alpha value is -1.67. The Morgan fingerprint density at radius 1 is 1.06 bits per heavy atom. The molecule has 2 heteroatoms. The molecule has 0 aliphatic carbocycles. The molecule has 0 radical (unpaired) electrons. The molecule has 0 aliphatic heterocycles. The van der Waals surface area contributed by atoms with Gasteiger partial charge in [-0.3, -0.25) is 0 Å². The Morgan fingerprint density at radius 2 is 1.82 bits per heavy atom. The largest absolute Gasteiger partial charge is 0.372 e.